The van der Waals surface area contributed by atoms with E-state index in [2.05, 4.69) is 10.4 Å². The second-order valence-electron chi connectivity index (χ2n) is 5.07. The van der Waals surface area contributed by atoms with Crippen molar-refractivity contribution in [3.05, 3.63) is 17.0 Å². The highest BCUT2D eigenvalue weighted by molar-refractivity contribution is 6.00. The summed E-state index contributed by atoms with van der Waals surface area (Å²) in [6, 6.07) is -0.984. The molecule has 1 aliphatic rings. The van der Waals surface area contributed by atoms with Crippen molar-refractivity contribution in [1.82, 2.24) is 20.0 Å². The van der Waals surface area contributed by atoms with Gasteiger partial charge in [-0.05, 0) is 13.8 Å². The molecule has 0 bridgehead atoms. The number of amides is 2. The van der Waals surface area contributed by atoms with E-state index in [4.69, 9.17) is 5.11 Å². The summed E-state index contributed by atoms with van der Waals surface area (Å²) < 4.78 is 1.60. The summed E-state index contributed by atoms with van der Waals surface area (Å²) in [5, 5.41) is 15.7. The van der Waals surface area contributed by atoms with Crippen molar-refractivity contribution >= 4 is 17.8 Å². The molecule has 21 heavy (non-hydrogen) atoms. The third-order valence-corrected chi connectivity index (χ3v) is 3.68. The minimum Gasteiger partial charge on any atom is -0.481 e. The lowest BCUT2D eigenvalue weighted by molar-refractivity contribution is -0.142. The Kier molecular flexibility index (Phi) is 3.97. The van der Waals surface area contributed by atoms with E-state index < -0.39 is 24.3 Å². The number of aryl methyl sites for hydroxylation is 2. The summed E-state index contributed by atoms with van der Waals surface area (Å²) in [6.45, 7) is 4.09. The Labute approximate surface area is 121 Å². The van der Waals surface area contributed by atoms with Crippen molar-refractivity contribution in [3.63, 3.8) is 0 Å². The van der Waals surface area contributed by atoms with Gasteiger partial charge >= 0.3 is 5.97 Å². The lowest BCUT2D eigenvalue weighted by Crippen LogP contribution is -2.57. The molecule has 1 fully saturated rings. The molecule has 0 radical (unpaired) electrons. The van der Waals surface area contributed by atoms with E-state index in [0.717, 1.165) is 0 Å². The molecule has 114 valence electrons. The van der Waals surface area contributed by atoms with Crippen LogP contribution in [0.2, 0.25) is 0 Å². The highest BCUT2D eigenvalue weighted by Gasteiger charge is 2.36. The van der Waals surface area contributed by atoms with E-state index in [1.807, 2.05) is 0 Å². The second-order valence-corrected chi connectivity index (χ2v) is 5.07. The van der Waals surface area contributed by atoms with E-state index in [1.165, 1.54) is 4.90 Å². The maximum absolute atomic E-state index is 12.7. The number of nitrogens with zero attached hydrogens (tertiary/aromatic N) is 3. The summed E-state index contributed by atoms with van der Waals surface area (Å²) in [4.78, 5) is 36.8. The van der Waals surface area contributed by atoms with Crippen molar-refractivity contribution in [3.8, 4) is 0 Å². The molecule has 8 nitrogen and oxygen atoms in total. The number of carboxylic acid groups (broad SMARTS) is 1. The van der Waals surface area contributed by atoms with Crippen LogP contribution in [0.15, 0.2) is 0 Å². The topological polar surface area (TPSA) is 105 Å². The first-order valence-electron chi connectivity index (χ1n) is 6.63. The first kappa shape index (κ1) is 15.0. The zero-order chi connectivity index (χ0) is 15.7. The van der Waals surface area contributed by atoms with Crippen molar-refractivity contribution in [1.29, 1.82) is 0 Å². The van der Waals surface area contributed by atoms with Gasteiger partial charge in [0.05, 0.1) is 17.7 Å². The summed E-state index contributed by atoms with van der Waals surface area (Å²) in [6.07, 6.45) is -0.407. The van der Waals surface area contributed by atoms with Gasteiger partial charge in [-0.15, -0.1) is 0 Å². The Hall–Kier alpha value is -2.38. The normalized spacial score (nSPS) is 18.5. The van der Waals surface area contributed by atoms with Crippen LogP contribution in [0.25, 0.3) is 0 Å². The Bertz CT molecular complexity index is 608. The van der Waals surface area contributed by atoms with Crippen LogP contribution < -0.4 is 5.32 Å². The third kappa shape index (κ3) is 2.74. The van der Waals surface area contributed by atoms with Crippen LogP contribution in [-0.2, 0) is 16.6 Å². The summed E-state index contributed by atoms with van der Waals surface area (Å²) in [5.74, 6) is -1.90. The van der Waals surface area contributed by atoms with Gasteiger partial charge < -0.3 is 15.3 Å². The van der Waals surface area contributed by atoms with Crippen molar-refractivity contribution in [2.45, 2.75) is 26.3 Å². The zero-order valence-electron chi connectivity index (χ0n) is 12.2. The average Bonchev–Trinajstić information content (AvgIpc) is 2.64. The summed E-state index contributed by atoms with van der Waals surface area (Å²) >= 11 is 0. The van der Waals surface area contributed by atoms with Gasteiger partial charge in [0.1, 0.15) is 6.04 Å². The maximum atomic E-state index is 12.7. The molecule has 1 aromatic rings. The fourth-order valence-electron chi connectivity index (χ4n) is 2.55. The van der Waals surface area contributed by atoms with Gasteiger partial charge in [-0.3, -0.25) is 19.1 Å². The molecule has 2 amide bonds. The SMILES string of the molecule is Cc1nn(C)c(C)c1C(=O)N1CCNC(=O)C1CC(=O)O. The van der Waals surface area contributed by atoms with Crippen LogP contribution in [0, 0.1) is 13.8 Å². The smallest absolute Gasteiger partial charge is 0.305 e. The molecule has 2 rings (SSSR count). The van der Waals surface area contributed by atoms with Gasteiger partial charge in [-0.25, -0.2) is 0 Å². The molecule has 2 heterocycles. The number of carboxylic acids is 1. The van der Waals surface area contributed by atoms with Crippen LogP contribution in [0.3, 0.4) is 0 Å². The maximum Gasteiger partial charge on any atom is 0.305 e. The fraction of sp³-hybridized carbons (Fsp3) is 0.538. The molecule has 1 aromatic heterocycles. The number of carbonyl (C=O) groups excluding carboxylic acids is 2. The highest BCUT2D eigenvalue weighted by Crippen LogP contribution is 2.19. The number of hydrogen-bond acceptors (Lipinski definition) is 4. The molecule has 1 saturated heterocycles. The molecule has 1 aliphatic heterocycles. The van der Waals surface area contributed by atoms with Crippen molar-refractivity contribution in [2.75, 3.05) is 13.1 Å². The monoisotopic (exact) mass is 294 g/mol. The fourth-order valence-corrected chi connectivity index (χ4v) is 2.55. The van der Waals surface area contributed by atoms with Gasteiger partial charge in [0.2, 0.25) is 5.91 Å². The van der Waals surface area contributed by atoms with Crippen LogP contribution in [0.5, 0.6) is 0 Å². The lowest BCUT2D eigenvalue weighted by atomic mass is 10.1. The van der Waals surface area contributed by atoms with Crippen LogP contribution in [-0.4, -0.2) is 56.7 Å². The largest absolute Gasteiger partial charge is 0.481 e. The number of aromatic nitrogens is 2. The quantitative estimate of drug-likeness (QED) is 0.778. The standard InChI is InChI=1S/C13H18N4O4/c1-7-11(8(2)16(3)15-7)13(21)17-5-4-14-12(20)9(17)6-10(18)19/h9H,4-6H2,1-3H3,(H,14,20)(H,18,19). The molecular weight excluding hydrogens is 276 g/mol. The Morgan fingerprint density at radius 3 is 2.62 bits per heavy atom. The van der Waals surface area contributed by atoms with Gasteiger partial charge in [0, 0.05) is 25.8 Å². The van der Waals surface area contributed by atoms with Crippen LogP contribution in [0.4, 0.5) is 0 Å². The first-order chi connectivity index (χ1) is 9.82. The second kappa shape index (κ2) is 5.55. The predicted molar refractivity (Wildman–Crippen MR) is 72.8 cm³/mol. The van der Waals surface area contributed by atoms with E-state index in [0.29, 0.717) is 23.5 Å². The molecule has 0 aromatic carbocycles. The van der Waals surface area contributed by atoms with Gasteiger partial charge in [-0.2, -0.15) is 5.10 Å². The third-order valence-electron chi connectivity index (χ3n) is 3.68. The molecule has 8 heteroatoms. The van der Waals surface area contributed by atoms with Crippen LogP contribution >= 0.6 is 0 Å². The van der Waals surface area contributed by atoms with Gasteiger partial charge in [0.25, 0.3) is 5.91 Å². The molecule has 0 spiro atoms. The lowest BCUT2D eigenvalue weighted by Gasteiger charge is -2.34. The molecular formula is C13H18N4O4. The van der Waals surface area contributed by atoms with E-state index in [-0.39, 0.29) is 12.5 Å². The minimum absolute atomic E-state index is 0.288. The Morgan fingerprint density at radius 1 is 1.43 bits per heavy atom. The van der Waals surface area contributed by atoms with Crippen molar-refractivity contribution in [2.24, 2.45) is 7.05 Å². The number of hydrogen-bond donors (Lipinski definition) is 2. The molecule has 1 unspecified atom stereocenters. The first-order valence-corrected chi connectivity index (χ1v) is 6.63. The predicted octanol–water partition coefficient (Wildman–Crippen LogP) is -0.548. The van der Waals surface area contributed by atoms with E-state index in [1.54, 1.807) is 25.6 Å². The summed E-state index contributed by atoms with van der Waals surface area (Å²) in [7, 11) is 1.73. The highest BCUT2D eigenvalue weighted by atomic mass is 16.4. The number of carbonyl (C=O) groups is 3. The number of nitrogens with one attached hydrogen (secondary N) is 1. The Balaban J connectivity index is 2.35. The number of piperazine rings is 1. The molecule has 2 N–H and O–H groups in total. The molecule has 0 aliphatic carbocycles. The molecule has 1 atom stereocenters. The summed E-state index contributed by atoms with van der Waals surface area (Å²) in [5.41, 5.74) is 1.69. The van der Waals surface area contributed by atoms with Crippen LogP contribution in [0.1, 0.15) is 28.2 Å². The zero-order valence-corrected chi connectivity index (χ0v) is 12.2. The average molecular weight is 294 g/mol. The number of aliphatic carboxylic acids is 1. The van der Waals surface area contributed by atoms with E-state index in [9.17, 15) is 14.4 Å². The molecule has 0 saturated carbocycles. The minimum atomic E-state index is -1.12. The van der Waals surface area contributed by atoms with Gasteiger partial charge in [0.15, 0.2) is 0 Å². The van der Waals surface area contributed by atoms with E-state index >= 15 is 0 Å². The Morgan fingerprint density at radius 2 is 2.10 bits per heavy atom. The van der Waals surface area contributed by atoms with Gasteiger partial charge in [-0.1, -0.05) is 0 Å². The number of rotatable bonds is 3. The van der Waals surface area contributed by atoms with Crippen molar-refractivity contribution < 1.29 is 19.5 Å².